The van der Waals surface area contributed by atoms with Crippen LogP contribution in [0.3, 0.4) is 0 Å². The first-order valence-corrected chi connectivity index (χ1v) is 8.40. The Balaban J connectivity index is 2.40. The fourth-order valence-corrected chi connectivity index (χ4v) is 2.93. The van der Waals surface area contributed by atoms with Gasteiger partial charge < -0.3 is 9.47 Å². The molecule has 0 aliphatic carbocycles. The van der Waals surface area contributed by atoms with Gasteiger partial charge in [0, 0.05) is 5.56 Å². The molecule has 0 bridgehead atoms. The third-order valence-electron chi connectivity index (χ3n) is 4.30. The van der Waals surface area contributed by atoms with Crippen molar-refractivity contribution in [3.63, 3.8) is 0 Å². The fraction of sp³-hybridized carbons (Fsp3) is 0.190. The minimum Gasteiger partial charge on any atom is -0.465 e. The van der Waals surface area contributed by atoms with Gasteiger partial charge in [-0.25, -0.2) is 14.3 Å². The van der Waals surface area contributed by atoms with Gasteiger partial charge in [-0.3, -0.25) is 0 Å². The molecule has 0 spiro atoms. The van der Waals surface area contributed by atoms with Crippen molar-refractivity contribution in [3.05, 3.63) is 70.9 Å². The van der Waals surface area contributed by atoms with Crippen molar-refractivity contribution in [1.82, 2.24) is 9.78 Å². The number of hydrogen-bond donors (Lipinski definition) is 0. The van der Waals surface area contributed by atoms with Gasteiger partial charge in [-0.05, 0) is 37.6 Å². The molecule has 1 heterocycles. The lowest BCUT2D eigenvalue weighted by Crippen LogP contribution is -2.15. The van der Waals surface area contributed by atoms with E-state index in [-0.39, 0.29) is 11.3 Å². The van der Waals surface area contributed by atoms with Crippen LogP contribution in [-0.4, -0.2) is 35.9 Å². The van der Waals surface area contributed by atoms with Gasteiger partial charge in [-0.15, -0.1) is 0 Å². The summed E-state index contributed by atoms with van der Waals surface area (Å²) in [5, 5.41) is 4.61. The van der Waals surface area contributed by atoms with E-state index < -0.39 is 11.9 Å². The highest BCUT2D eigenvalue weighted by Gasteiger charge is 2.31. The Hall–Kier alpha value is -3.41. The summed E-state index contributed by atoms with van der Waals surface area (Å²) in [6, 6.07) is 15.0. The highest BCUT2D eigenvalue weighted by atomic mass is 16.5. The maximum Gasteiger partial charge on any atom is 0.357 e. The molecule has 6 heteroatoms. The smallest absolute Gasteiger partial charge is 0.357 e. The summed E-state index contributed by atoms with van der Waals surface area (Å²) in [7, 11) is 2.54. The van der Waals surface area contributed by atoms with Gasteiger partial charge in [-0.2, -0.15) is 5.10 Å². The summed E-state index contributed by atoms with van der Waals surface area (Å²) >= 11 is 0. The lowest BCUT2D eigenvalue weighted by atomic mass is 9.99. The van der Waals surface area contributed by atoms with Crippen molar-refractivity contribution in [3.8, 4) is 16.9 Å². The van der Waals surface area contributed by atoms with Crippen LogP contribution in [0.2, 0.25) is 0 Å². The van der Waals surface area contributed by atoms with Gasteiger partial charge >= 0.3 is 11.9 Å². The van der Waals surface area contributed by atoms with Gasteiger partial charge in [0.2, 0.25) is 0 Å². The Morgan fingerprint density at radius 1 is 0.926 bits per heavy atom. The van der Waals surface area contributed by atoms with Crippen LogP contribution in [0.5, 0.6) is 0 Å². The summed E-state index contributed by atoms with van der Waals surface area (Å²) < 4.78 is 11.3. The van der Waals surface area contributed by atoms with E-state index in [2.05, 4.69) is 5.10 Å². The monoisotopic (exact) mass is 364 g/mol. The topological polar surface area (TPSA) is 70.4 Å². The highest BCUT2D eigenvalue weighted by molar-refractivity contribution is 6.07. The average molecular weight is 364 g/mol. The molecule has 1 aromatic heterocycles. The Kier molecular flexibility index (Phi) is 5.07. The zero-order valence-electron chi connectivity index (χ0n) is 15.6. The Morgan fingerprint density at radius 2 is 1.59 bits per heavy atom. The van der Waals surface area contributed by atoms with E-state index in [4.69, 9.17) is 9.47 Å². The number of esters is 2. The van der Waals surface area contributed by atoms with E-state index in [9.17, 15) is 9.59 Å². The normalized spacial score (nSPS) is 10.5. The van der Waals surface area contributed by atoms with Crippen LogP contribution in [0.4, 0.5) is 0 Å². The van der Waals surface area contributed by atoms with Crippen molar-refractivity contribution in [2.45, 2.75) is 13.8 Å². The lowest BCUT2D eigenvalue weighted by Gasteiger charge is -2.07. The second kappa shape index (κ2) is 7.45. The molecule has 0 unspecified atom stereocenters. The Morgan fingerprint density at radius 3 is 2.22 bits per heavy atom. The van der Waals surface area contributed by atoms with Gasteiger partial charge in [0.1, 0.15) is 11.3 Å². The van der Waals surface area contributed by atoms with E-state index in [1.807, 2.05) is 50.2 Å². The first kappa shape index (κ1) is 18.4. The fourth-order valence-electron chi connectivity index (χ4n) is 2.93. The molecular formula is C21H20N2O4. The molecule has 6 nitrogen and oxygen atoms in total. The number of ether oxygens (including phenoxy) is 2. The summed E-state index contributed by atoms with van der Waals surface area (Å²) in [5.74, 6) is -1.31. The van der Waals surface area contributed by atoms with Gasteiger partial charge in [-0.1, -0.05) is 35.9 Å². The predicted molar refractivity (Wildman–Crippen MR) is 101 cm³/mol. The first-order valence-electron chi connectivity index (χ1n) is 8.40. The number of benzene rings is 2. The largest absolute Gasteiger partial charge is 0.465 e. The molecular weight excluding hydrogens is 344 g/mol. The summed E-state index contributed by atoms with van der Waals surface area (Å²) in [6.07, 6.45) is 0. The SMILES string of the molecule is COC(=O)c1c(-c2cc(C)ccc2C)nn(-c2ccccc2)c1C(=O)OC. The molecule has 2 aromatic carbocycles. The van der Waals surface area contributed by atoms with Crippen LogP contribution < -0.4 is 0 Å². The van der Waals surface area contributed by atoms with Gasteiger partial charge in [0.15, 0.2) is 5.69 Å². The minimum atomic E-state index is -0.664. The number of aryl methyl sites for hydroxylation is 2. The average Bonchev–Trinajstić information content (AvgIpc) is 3.09. The number of methoxy groups -OCH3 is 2. The number of para-hydroxylation sites is 1. The van der Waals surface area contributed by atoms with Gasteiger partial charge in [0.05, 0.1) is 19.9 Å². The van der Waals surface area contributed by atoms with Crippen molar-refractivity contribution < 1.29 is 19.1 Å². The van der Waals surface area contributed by atoms with Crippen LogP contribution in [-0.2, 0) is 9.47 Å². The number of aromatic nitrogens is 2. The van der Waals surface area contributed by atoms with E-state index in [1.165, 1.54) is 18.9 Å². The second-order valence-corrected chi connectivity index (χ2v) is 6.12. The second-order valence-electron chi connectivity index (χ2n) is 6.12. The van der Waals surface area contributed by atoms with Crippen LogP contribution in [0, 0.1) is 13.8 Å². The summed E-state index contributed by atoms with van der Waals surface area (Å²) in [5.41, 5.74) is 3.84. The zero-order chi connectivity index (χ0) is 19.6. The number of hydrogen-bond acceptors (Lipinski definition) is 5. The van der Waals surface area contributed by atoms with Gasteiger partial charge in [0.25, 0.3) is 0 Å². The third-order valence-corrected chi connectivity index (χ3v) is 4.30. The van der Waals surface area contributed by atoms with Crippen molar-refractivity contribution >= 4 is 11.9 Å². The maximum atomic E-state index is 12.6. The van der Waals surface area contributed by atoms with Crippen LogP contribution in [0.15, 0.2) is 48.5 Å². The maximum absolute atomic E-state index is 12.6. The minimum absolute atomic E-state index is 0.0338. The molecule has 0 amide bonds. The molecule has 0 saturated heterocycles. The molecule has 0 fully saturated rings. The Labute approximate surface area is 157 Å². The number of carbonyl (C=O) groups excluding carboxylic acids is 2. The van der Waals surface area contributed by atoms with Crippen LogP contribution >= 0.6 is 0 Å². The van der Waals surface area contributed by atoms with Crippen molar-refractivity contribution in [1.29, 1.82) is 0 Å². The summed E-state index contributed by atoms with van der Waals surface area (Å²) in [4.78, 5) is 25.2. The van der Waals surface area contributed by atoms with E-state index >= 15 is 0 Å². The number of rotatable bonds is 4. The molecule has 3 rings (SSSR count). The molecule has 27 heavy (non-hydrogen) atoms. The summed E-state index contributed by atoms with van der Waals surface area (Å²) in [6.45, 7) is 3.88. The standard InChI is InChI=1S/C21H20N2O4/c1-13-10-11-14(2)16(12-13)18-17(20(24)26-3)19(21(25)27-4)23(22-18)15-8-6-5-7-9-15/h5-12H,1-4H3. The number of nitrogens with zero attached hydrogens (tertiary/aromatic N) is 2. The molecule has 0 saturated carbocycles. The van der Waals surface area contributed by atoms with Crippen molar-refractivity contribution in [2.75, 3.05) is 14.2 Å². The molecule has 0 N–H and O–H groups in total. The quantitative estimate of drug-likeness (QED) is 0.660. The van der Waals surface area contributed by atoms with Crippen LogP contribution in [0.25, 0.3) is 16.9 Å². The Bertz CT molecular complexity index is 1010. The van der Waals surface area contributed by atoms with E-state index in [0.717, 1.165) is 16.7 Å². The van der Waals surface area contributed by atoms with E-state index in [1.54, 1.807) is 12.1 Å². The molecule has 138 valence electrons. The molecule has 0 atom stereocenters. The molecule has 0 aliphatic rings. The predicted octanol–water partition coefficient (Wildman–Crippen LogP) is 3.73. The molecule has 0 radical (unpaired) electrons. The van der Waals surface area contributed by atoms with Crippen LogP contribution in [0.1, 0.15) is 32.0 Å². The van der Waals surface area contributed by atoms with E-state index in [0.29, 0.717) is 11.4 Å². The lowest BCUT2D eigenvalue weighted by molar-refractivity contribution is 0.0549. The highest BCUT2D eigenvalue weighted by Crippen LogP contribution is 2.31. The number of carbonyl (C=O) groups is 2. The van der Waals surface area contributed by atoms with Crippen molar-refractivity contribution in [2.24, 2.45) is 0 Å². The molecule has 0 aliphatic heterocycles. The third kappa shape index (κ3) is 3.33. The molecule has 3 aromatic rings. The first-order chi connectivity index (χ1) is 13.0. The zero-order valence-corrected chi connectivity index (χ0v) is 15.6.